The first-order chi connectivity index (χ1) is 14.6. The van der Waals surface area contributed by atoms with Crippen LogP contribution in [0.1, 0.15) is 61.5 Å². The van der Waals surface area contributed by atoms with E-state index in [2.05, 4.69) is 21.9 Å². The van der Waals surface area contributed by atoms with Gasteiger partial charge in [-0.15, -0.1) is 11.3 Å². The molecule has 0 bridgehead atoms. The molecule has 5 N–H and O–H groups in total. The van der Waals surface area contributed by atoms with Crippen LogP contribution in [-0.4, -0.2) is 46.9 Å². The lowest BCUT2D eigenvalue weighted by atomic mass is 9.98. The average molecular weight is 472 g/mol. The van der Waals surface area contributed by atoms with Crippen LogP contribution < -0.4 is 10.0 Å². The number of unbranched alkanes of at least 4 members (excludes halogenated alkanes) is 4. The first-order valence-electron chi connectivity index (χ1n) is 10.1. The number of anilines is 1. The number of hydrogen-bond donors (Lipinski definition) is 5. The molecule has 9 nitrogen and oxygen atoms in total. The third-order valence-corrected chi connectivity index (χ3v) is 6.13. The lowest BCUT2D eigenvalue weighted by molar-refractivity contribution is 0.0929. The zero-order valence-electron chi connectivity index (χ0n) is 17.6. The number of sulfonamides is 1. The zero-order chi connectivity index (χ0) is 23.0. The molecule has 2 rings (SSSR count). The van der Waals surface area contributed by atoms with E-state index in [0.29, 0.717) is 12.0 Å². The van der Waals surface area contributed by atoms with Gasteiger partial charge in [0, 0.05) is 17.0 Å². The number of phenolic OH excluding ortho intramolecular Hbond substituents is 3. The fraction of sp³-hybridized carbons (Fsp3) is 0.500. The second kappa shape index (κ2) is 11.2. The van der Waals surface area contributed by atoms with Crippen molar-refractivity contribution in [1.82, 2.24) is 10.3 Å². The van der Waals surface area contributed by atoms with Crippen LogP contribution in [0.25, 0.3) is 0 Å². The molecule has 172 valence electrons. The molecule has 0 saturated heterocycles. The Kier molecular flexibility index (Phi) is 8.93. The van der Waals surface area contributed by atoms with Crippen LogP contribution in [0.15, 0.2) is 17.5 Å². The molecule has 1 amide bonds. The number of nitrogens with one attached hydrogen (secondary N) is 2. The van der Waals surface area contributed by atoms with E-state index < -0.39 is 33.2 Å². The van der Waals surface area contributed by atoms with Crippen molar-refractivity contribution in [2.45, 2.75) is 57.9 Å². The summed E-state index contributed by atoms with van der Waals surface area (Å²) in [6.07, 6.45) is 7.12. The van der Waals surface area contributed by atoms with Crippen LogP contribution in [0.3, 0.4) is 0 Å². The number of phenols is 3. The highest BCUT2D eigenvalue weighted by atomic mass is 32.2. The molecular weight excluding hydrogens is 442 g/mol. The Labute approximate surface area is 186 Å². The van der Waals surface area contributed by atoms with Crippen LogP contribution in [0.5, 0.6) is 17.2 Å². The maximum Gasteiger partial charge on any atom is 0.271 e. The van der Waals surface area contributed by atoms with Gasteiger partial charge in [0.1, 0.15) is 5.69 Å². The quantitative estimate of drug-likeness (QED) is 0.235. The van der Waals surface area contributed by atoms with Gasteiger partial charge in [-0.2, -0.15) is 0 Å². The van der Waals surface area contributed by atoms with Crippen molar-refractivity contribution in [2.75, 3.05) is 11.0 Å². The predicted octanol–water partition coefficient (Wildman–Crippen LogP) is 3.33. The molecule has 0 spiro atoms. The molecule has 1 atom stereocenters. The highest BCUT2D eigenvalue weighted by Gasteiger charge is 2.20. The van der Waals surface area contributed by atoms with E-state index in [1.807, 2.05) is 0 Å². The van der Waals surface area contributed by atoms with E-state index in [1.165, 1.54) is 17.5 Å². The number of aromatic nitrogens is 1. The molecule has 0 fully saturated rings. The highest BCUT2D eigenvalue weighted by Crippen LogP contribution is 2.37. The van der Waals surface area contributed by atoms with E-state index >= 15 is 0 Å². The summed E-state index contributed by atoms with van der Waals surface area (Å²) in [6, 6.07) is 2.43. The molecule has 0 saturated carbocycles. The number of benzene rings is 1. The van der Waals surface area contributed by atoms with Gasteiger partial charge in [0.05, 0.1) is 6.26 Å². The molecule has 0 radical (unpaired) electrons. The van der Waals surface area contributed by atoms with Gasteiger partial charge >= 0.3 is 0 Å². The molecule has 1 unspecified atom stereocenters. The first-order valence-corrected chi connectivity index (χ1v) is 12.8. The van der Waals surface area contributed by atoms with E-state index in [0.717, 1.165) is 49.7 Å². The molecule has 2 aromatic rings. The molecule has 31 heavy (non-hydrogen) atoms. The van der Waals surface area contributed by atoms with Crippen LogP contribution in [0.4, 0.5) is 5.13 Å². The lowest BCUT2D eigenvalue weighted by Gasteiger charge is -2.19. The first kappa shape index (κ1) is 24.7. The Hall–Kier alpha value is -2.53. The summed E-state index contributed by atoms with van der Waals surface area (Å²) < 4.78 is 24.9. The summed E-state index contributed by atoms with van der Waals surface area (Å²) in [4.78, 5) is 16.7. The van der Waals surface area contributed by atoms with Crippen molar-refractivity contribution < 1.29 is 28.5 Å². The summed E-state index contributed by atoms with van der Waals surface area (Å²) in [5, 5.41) is 33.9. The highest BCUT2D eigenvalue weighted by molar-refractivity contribution is 7.92. The summed E-state index contributed by atoms with van der Waals surface area (Å²) in [5.74, 6) is -1.89. The van der Waals surface area contributed by atoms with Gasteiger partial charge in [0.15, 0.2) is 16.6 Å². The van der Waals surface area contributed by atoms with Crippen LogP contribution >= 0.6 is 11.3 Å². The van der Waals surface area contributed by atoms with E-state index in [9.17, 15) is 28.5 Å². The number of aromatic hydroxyl groups is 3. The van der Waals surface area contributed by atoms with Crippen molar-refractivity contribution in [2.24, 2.45) is 0 Å². The molecule has 0 aliphatic heterocycles. The predicted molar refractivity (Wildman–Crippen MR) is 120 cm³/mol. The monoisotopic (exact) mass is 471 g/mol. The normalized spacial score (nSPS) is 12.5. The summed E-state index contributed by atoms with van der Waals surface area (Å²) in [6.45, 7) is 2.13. The zero-order valence-corrected chi connectivity index (χ0v) is 19.2. The number of rotatable bonds is 12. The summed E-state index contributed by atoms with van der Waals surface area (Å²) in [7, 11) is -3.49. The van der Waals surface area contributed by atoms with Gasteiger partial charge in [-0.05, 0) is 18.9 Å². The molecule has 1 aromatic carbocycles. The third-order valence-electron chi connectivity index (χ3n) is 4.68. The molecule has 1 heterocycles. The maximum absolute atomic E-state index is 12.7. The van der Waals surface area contributed by atoms with E-state index in [4.69, 9.17) is 0 Å². The summed E-state index contributed by atoms with van der Waals surface area (Å²) >= 11 is 1.01. The smallest absolute Gasteiger partial charge is 0.271 e. The van der Waals surface area contributed by atoms with Gasteiger partial charge in [0.2, 0.25) is 15.8 Å². The van der Waals surface area contributed by atoms with Gasteiger partial charge in [0.25, 0.3) is 5.91 Å². The van der Waals surface area contributed by atoms with Crippen LogP contribution in [0, 0.1) is 0 Å². The van der Waals surface area contributed by atoms with Crippen molar-refractivity contribution in [1.29, 1.82) is 0 Å². The largest absolute Gasteiger partial charge is 0.504 e. The van der Waals surface area contributed by atoms with Crippen molar-refractivity contribution in [3.8, 4) is 17.2 Å². The third kappa shape index (κ3) is 7.91. The number of carbonyl (C=O) groups is 1. The van der Waals surface area contributed by atoms with Gasteiger partial charge < -0.3 is 20.6 Å². The second-order valence-corrected chi connectivity index (χ2v) is 10.0. The Bertz CT molecular complexity index is 991. The van der Waals surface area contributed by atoms with E-state index in [1.54, 1.807) is 0 Å². The standard InChI is InChI=1S/C20H29N3O6S2/c1-3-4-5-6-7-8-14(11-13-9-10-16(24)18(26)17(13)25)21-19(27)15-12-30-20(22-15)23-31(2,28)29/h9-10,12,14,24-26H,3-8,11H2,1-2H3,(H,21,27)(H,22,23). The van der Waals surface area contributed by atoms with Crippen molar-refractivity contribution in [3.63, 3.8) is 0 Å². The fourth-order valence-electron chi connectivity index (χ4n) is 3.10. The summed E-state index contributed by atoms with van der Waals surface area (Å²) in [5.41, 5.74) is 0.483. The Morgan fingerprint density at radius 3 is 2.52 bits per heavy atom. The topological polar surface area (TPSA) is 149 Å². The van der Waals surface area contributed by atoms with Gasteiger partial charge in [-0.3, -0.25) is 9.52 Å². The Morgan fingerprint density at radius 1 is 1.13 bits per heavy atom. The van der Waals surface area contributed by atoms with E-state index in [-0.39, 0.29) is 23.3 Å². The molecule has 0 aliphatic carbocycles. The molecule has 0 aliphatic rings. The Balaban J connectivity index is 2.10. The maximum atomic E-state index is 12.7. The molecular formula is C20H29N3O6S2. The second-order valence-electron chi connectivity index (χ2n) is 7.43. The molecule has 1 aromatic heterocycles. The minimum Gasteiger partial charge on any atom is -0.504 e. The molecule has 11 heteroatoms. The number of carbonyl (C=O) groups excluding carboxylic acids is 1. The fourth-order valence-corrected chi connectivity index (χ4v) is 4.65. The minimum atomic E-state index is -3.49. The minimum absolute atomic E-state index is 0.0879. The number of thiazole rings is 1. The number of nitrogens with zero attached hydrogens (tertiary/aromatic N) is 1. The van der Waals surface area contributed by atoms with Crippen LogP contribution in [0.2, 0.25) is 0 Å². The average Bonchev–Trinajstić information content (AvgIpc) is 3.14. The SMILES string of the molecule is CCCCCCCC(Cc1ccc(O)c(O)c1O)NC(=O)c1csc(NS(C)(=O)=O)n1. The Morgan fingerprint density at radius 2 is 1.84 bits per heavy atom. The number of amides is 1. The number of hydrogen-bond acceptors (Lipinski definition) is 8. The van der Waals surface area contributed by atoms with Crippen LogP contribution in [-0.2, 0) is 16.4 Å². The van der Waals surface area contributed by atoms with Crippen molar-refractivity contribution >= 4 is 32.4 Å². The van der Waals surface area contributed by atoms with Gasteiger partial charge in [-0.25, -0.2) is 13.4 Å². The lowest BCUT2D eigenvalue weighted by Crippen LogP contribution is -2.36. The van der Waals surface area contributed by atoms with Gasteiger partial charge in [-0.1, -0.05) is 45.1 Å². The van der Waals surface area contributed by atoms with Crippen molar-refractivity contribution in [3.05, 3.63) is 28.8 Å².